The van der Waals surface area contributed by atoms with Crippen LogP contribution < -0.4 is 4.90 Å². The summed E-state index contributed by atoms with van der Waals surface area (Å²) in [6.45, 7) is 2.10. The molecule has 13 aromatic carbocycles. The SMILES string of the molecule is C1=CC2=CC=NC2C=C1.C1=CC2=NC(c3ccccc3)N(c3ccccc3)C2C=C1.Cc1ccc(-c2cncc3ccccc23)cc1.c1ccc(-c2cccs2)cc1.c1ccc(-c2ccn(-c3ccccc3)n2)cc1.c1ccc(-c2cncc3ccccc23)cc1.c1ccc(-c2nncs2)cc1.c1ccc2cnncc2c1.c1ccc2sccc2c1.c1ccc2scnc2c1.c1ccn2cccc2c1. The number of pyridine rings is 3. The molecule has 674 valence electrons. The first-order chi connectivity index (χ1) is 68.9. The van der Waals surface area contributed by atoms with Gasteiger partial charge in [-0.25, -0.2) is 9.67 Å². The Bertz CT molecular complexity index is 7460. The lowest BCUT2D eigenvalue weighted by atomic mass is 10.0. The summed E-state index contributed by atoms with van der Waals surface area (Å²) in [6, 6.07) is 141. The standard InChI is InChI=1S/C19H16N2.C16H13N.C15H12N2.C15H11N.C10H8S.C8H6N2S.C8H6N2.2C8H7N.C8H6S.C7H5NS/c1-3-9-15(10-4-1)19-20-17-13-7-8-14-18(17)21(19)16-11-5-2-6-12-16;1-12-6-8-13(9-7-12)16-11-17-10-14-4-2-3-5-15(14)16;1-3-7-13(8-4-1)15-11-12-17(16-15)14-9-5-2-6-10-14;1-2-6-12(7-3-1)15-11-16-10-13-8-4-5-9-14(13)15;1-2-5-9(6-3-1)10-7-4-8-11-10;1-2-4-7(5-3-1)8-10-9-6-11-8;1-2-4-8-6-10-9-5-7(8)3-1;1-2-6-9-7-3-5-8(9)4-1;2*1-2-4-8-7(3-1)5-6-9-8;1-2-4-7-6(3-1)8-5-9-7/h1-14,18-19H;2-11H,1H3;1-12H;1-11H;1-8H;1-6H;1-6H;1-7H;1-6,8H;1-6H;1-5H. The zero-order chi connectivity index (χ0) is 94.3. The molecule has 0 amide bonds. The number of rotatable bonds is 8. The van der Waals surface area contributed by atoms with E-state index in [0.29, 0.717) is 6.04 Å². The summed E-state index contributed by atoms with van der Waals surface area (Å²) < 4.78 is 6.61. The van der Waals surface area contributed by atoms with Crippen molar-refractivity contribution in [3.63, 3.8) is 0 Å². The molecule has 17 heteroatoms. The first kappa shape index (κ1) is 93.7. The molecule has 2 aliphatic carbocycles. The molecule has 0 bridgehead atoms. The molecule has 3 atom stereocenters. The molecule has 13 nitrogen and oxygen atoms in total. The fourth-order valence-electron chi connectivity index (χ4n) is 15.5. The lowest BCUT2D eigenvalue weighted by Gasteiger charge is -2.31. The lowest BCUT2D eigenvalue weighted by Crippen LogP contribution is -2.35. The molecular formula is C122H97N13S4. The number of benzene rings is 13. The number of aryl methyl sites for hydroxylation is 1. The molecule has 2 aliphatic heterocycles. The topological polar surface area (TPSA) is 140 Å². The van der Waals surface area contributed by atoms with E-state index in [2.05, 4.69) is 345 Å². The monoisotopic (exact) mass is 1870 g/mol. The van der Waals surface area contributed by atoms with Crippen LogP contribution in [0, 0.1) is 6.92 Å². The predicted molar refractivity (Wildman–Crippen MR) is 588 cm³/mol. The second-order valence-electron chi connectivity index (χ2n) is 31.7. The van der Waals surface area contributed by atoms with E-state index in [0.717, 1.165) is 49.5 Å². The first-order valence-corrected chi connectivity index (χ1v) is 49.1. The number of fused-ring (bicyclic) bond motifs is 8. The van der Waals surface area contributed by atoms with E-state index >= 15 is 0 Å². The highest BCUT2D eigenvalue weighted by molar-refractivity contribution is 7.17. The van der Waals surface area contributed by atoms with Crippen LogP contribution in [0.2, 0.25) is 0 Å². The Morgan fingerprint density at radius 1 is 0.345 bits per heavy atom. The van der Waals surface area contributed by atoms with Crippen LogP contribution in [0.15, 0.2) is 560 Å². The fourth-order valence-corrected chi connectivity index (χ4v) is 18.2. The maximum absolute atomic E-state index is 4.94. The number of para-hydroxylation sites is 3. The van der Waals surface area contributed by atoms with Gasteiger partial charge in [-0.15, -0.1) is 44.2 Å². The highest BCUT2D eigenvalue weighted by Gasteiger charge is 2.35. The van der Waals surface area contributed by atoms with Gasteiger partial charge < -0.3 is 9.30 Å². The van der Waals surface area contributed by atoms with E-state index in [4.69, 9.17) is 4.99 Å². The van der Waals surface area contributed by atoms with E-state index in [1.54, 1.807) is 63.3 Å². The van der Waals surface area contributed by atoms with Crippen LogP contribution in [0.5, 0.6) is 0 Å². The number of allylic oxidation sites excluding steroid dienone is 5. The third-order valence-corrected chi connectivity index (χ3v) is 25.8. The molecule has 10 aromatic heterocycles. The van der Waals surface area contributed by atoms with E-state index in [9.17, 15) is 0 Å². The molecule has 23 aromatic rings. The van der Waals surface area contributed by atoms with Crippen molar-refractivity contribution in [1.29, 1.82) is 0 Å². The molecule has 3 unspecified atom stereocenters. The van der Waals surface area contributed by atoms with Crippen molar-refractivity contribution in [3.05, 3.63) is 561 Å². The summed E-state index contributed by atoms with van der Waals surface area (Å²) in [5, 5.41) is 33.5. The molecule has 0 N–H and O–H groups in total. The van der Waals surface area contributed by atoms with Crippen LogP contribution in [0.1, 0.15) is 17.3 Å². The van der Waals surface area contributed by atoms with Crippen LogP contribution in [-0.2, 0) is 0 Å². The zero-order valence-electron chi connectivity index (χ0n) is 76.2. The Balaban J connectivity index is 0.000000107. The van der Waals surface area contributed by atoms with Gasteiger partial charge in [0.1, 0.15) is 16.7 Å². The van der Waals surface area contributed by atoms with Crippen molar-refractivity contribution in [3.8, 4) is 60.2 Å². The van der Waals surface area contributed by atoms with Crippen LogP contribution in [0.25, 0.3) is 118 Å². The second-order valence-corrected chi connectivity index (χ2v) is 35.3. The summed E-state index contributed by atoms with van der Waals surface area (Å²) in [5.74, 6) is 0. The summed E-state index contributed by atoms with van der Waals surface area (Å²) in [7, 11) is 0. The highest BCUT2D eigenvalue weighted by atomic mass is 32.1. The normalized spacial score (nSPS) is 13.4. The van der Waals surface area contributed by atoms with E-state index < -0.39 is 0 Å². The molecule has 12 heterocycles. The molecule has 0 spiro atoms. The minimum Gasteiger partial charge on any atom is -0.334 e. The maximum atomic E-state index is 4.94. The van der Waals surface area contributed by atoms with E-state index in [1.807, 2.05) is 254 Å². The Hall–Kier alpha value is -17.1. The van der Waals surface area contributed by atoms with Crippen molar-refractivity contribution in [2.45, 2.75) is 25.2 Å². The Morgan fingerprint density at radius 2 is 0.885 bits per heavy atom. The predicted octanol–water partition coefficient (Wildman–Crippen LogP) is 31.7. The zero-order valence-corrected chi connectivity index (χ0v) is 79.5. The number of anilines is 1. The number of aliphatic imine (C=N–C) groups is 2. The van der Waals surface area contributed by atoms with Crippen molar-refractivity contribution in [1.82, 2.24) is 49.5 Å². The van der Waals surface area contributed by atoms with Gasteiger partial charge in [0.25, 0.3) is 0 Å². The fraction of sp³-hybridized carbons (Fsp3) is 0.0328. The van der Waals surface area contributed by atoms with Gasteiger partial charge in [-0.1, -0.05) is 387 Å². The summed E-state index contributed by atoms with van der Waals surface area (Å²) in [4.78, 5) is 25.6. The molecular weight excluding hydrogens is 1780 g/mol. The quantitative estimate of drug-likeness (QED) is 0.145. The van der Waals surface area contributed by atoms with Gasteiger partial charge in [-0.2, -0.15) is 15.3 Å². The average molecular weight is 1870 g/mol. The second kappa shape index (κ2) is 49.8. The molecule has 0 fully saturated rings. The van der Waals surface area contributed by atoms with Gasteiger partial charge in [0, 0.05) is 114 Å². The van der Waals surface area contributed by atoms with Gasteiger partial charge in [0.15, 0.2) is 0 Å². The van der Waals surface area contributed by atoms with Gasteiger partial charge >= 0.3 is 0 Å². The van der Waals surface area contributed by atoms with Crippen molar-refractivity contribution >= 4 is 121 Å². The van der Waals surface area contributed by atoms with Crippen molar-refractivity contribution < 1.29 is 0 Å². The van der Waals surface area contributed by atoms with E-state index in [1.165, 1.54) is 96.9 Å². The number of thiazole rings is 1. The summed E-state index contributed by atoms with van der Waals surface area (Å²) >= 11 is 6.79. The average Bonchev–Trinajstić information content (AvgIpc) is 1.67. The maximum Gasteiger partial charge on any atom is 0.148 e. The first-order valence-electron chi connectivity index (χ1n) is 45.5. The summed E-state index contributed by atoms with van der Waals surface area (Å²) in [6.07, 6.45) is 38.0. The third kappa shape index (κ3) is 26.3. The van der Waals surface area contributed by atoms with Crippen molar-refractivity contribution in [2.24, 2.45) is 9.98 Å². The summed E-state index contributed by atoms with van der Waals surface area (Å²) in [5.41, 5.74) is 22.6. The smallest absolute Gasteiger partial charge is 0.148 e. The number of hydrogen-bond donors (Lipinski definition) is 0. The van der Waals surface area contributed by atoms with Crippen LogP contribution in [-0.4, -0.2) is 73.5 Å². The largest absolute Gasteiger partial charge is 0.334 e. The molecule has 0 radical (unpaired) electrons. The Labute approximate surface area is 825 Å². The number of thiophene rings is 2. The van der Waals surface area contributed by atoms with Gasteiger partial charge in [-0.3, -0.25) is 20.0 Å². The van der Waals surface area contributed by atoms with Crippen LogP contribution in [0.4, 0.5) is 5.69 Å². The third-order valence-electron chi connectivity index (χ3n) is 22.4. The lowest BCUT2D eigenvalue weighted by molar-refractivity contribution is 0.696. The Kier molecular flexibility index (Phi) is 33.6. The number of aromatic nitrogens is 10. The van der Waals surface area contributed by atoms with Gasteiger partial charge in [-0.05, 0) is 159 Å². The molecule has 139 heavy (non-hydrogen) atoms. The molecule has 0 saturated carbocycles. The van der Waals surface area contributed by atoms with Crippen LogP contribution in [0.3, 0.4) is 0 Å². The van der Waals surface area contributed by atoms with E-state index in [-0.39, 0.29) is 12.2 Å². The molecule has 0 saturated heterocycles. The Morgan fingerprint density at radius 3 is 1.50 bits per heavy atom. The highest BCUT2D eigenvalue weighted by Crippen LogP contribution is 2.38. The van der Waals surface area contributed by atoms with Gasteiger partial charge in [0.2, 0.25) is 0 Å². The van der Waals surface area contributed by atoms with Crippen molar-refractivity contribution in [2.75, 3.05) is 4.90 Å². The number of hydrogen-bond acceptors (Lipinski definition) is 15. The molecule has 27 rings (SSSR count). The number of nitrogens with zero attached hydrogens (tertiary/aromatic N) is 13. The minimum absolute atomic E-state index is 0.0426. The minimum atomic E-state index is 0.0426. The molecule has 4 aliphatic rings. The van der Waals surface area contributed by atoms with Gasteiger partial charge in [0.05, 0.1) is 57.3 Å². The van der Waals surface area contributed by atoms with Crippen LogP contribution >= 0.6 is 45.3 Å².